The largest absolute Gasteiger partial charge is 0.373 e. The number of benzene rings is 1. The van der Waals surface area contributed by atoms with Crippen molar-refractivity contribution in [2.45, 2.75) is 19.4 Å². The number of ether oxygens (including phenoxy) is 1. The van der Waals surface area contributed by atoms with Crippen molar-refractivity contribution in [1.82, 2.24) is 0 Å². The van der Waals surface area contributed by atoms with E-state index in [9.17, 15) is 0 Å². The monoisotopic (exact) mass is 238 g/mol. The minimum Gasteiger partial charge on any atom is -0.373 e. The van der Waals surface area contributed by atoms with Gasteiger partial charge < -0.3 is 4.74 Å². The summed E-state index contributed by atoms with van der Waals surface area (Å²) in [6, 6.07) is 6.15. The van der Waals surface area contributed by atoms with E-state index in [0.717, 1.165) is 18.1 Å². The van der Waals surface area contributed by atoms with Crippen molar-refractivity contribution in [3.05, 3.63) is 33.7 Å². The number of hydrogen-bond acceptors (Lipinski definition) is 2. The van der Waals surface area contributed by atoms with Crippen LogP contribution in [0.3, 0.4) is 0 Å². The minimum atomic E-state index is 0.241. The molecular formula is C12H11ClOS. The molecule has 0 fully saturated rings. The Morgan fingerprint density at radius 1 is 1.47 bits per heavy atom. The van der Waals surface area contributed by atoms with Crippen LogP contribution < -0.4 is 0 Å². The fourth-order valence-electron chi connectivity index (χ4n) is 2.14. The lowest BCUT2D eigenvalue weighted by molar-refractivity contribution is 0.0589. The maximum Gasteiger partial charge on any atom is 0.0892 e. The highest BCUT2D eigenvalue weighted by molar-refractivity contribution is 7.19. The summed E-state index contributed by atoms with van der Waals surface area (Å²) in [6.07, 6.45) is 1.27. The average Bonchev–Trinajstić information content (AvgIpc) is 2.57. The Hall–Kier alpha value is -0.570. The first kappa shape index (κ1) is 9.64. The Bertz CT molecular complexity index is 518. The molecule has 0 bridgehead atoms. The van der Waals surface area contributed by atoms with Gasteiger partial charge in [-0.1, -0.05) is 17.7 Å². The van der Waals surface area contributed by atoms with Gasteiger partial charge in [-0.15, -0.1) is 11.3 Å². The SMILES string of the molecule is CC1OCCc2c1sc1cc(Cl)ccc21. The molecule has 1 aliphatic heterocycles. The third kappa shape index (κ3) is 1.48. The van der Waals surface area contributed by atoms with Gasteiger partial charge in [0.25, 0.3) is 0 Å². The quantitative estimate of drug-likeness (QED) is 0.669. The second-order valence-electron chi connectivity index (χ2n) is 3.85. The topological polar surface area (TPSA) is 9.23 Å². The van der Waals surface area contributed by atoms with Crippen molar-refractivity contribution in [1.29, 1.82) is 0 Å². The summed E-state index contributed by atoms with van der Waals surface area (Å²) in [6.45, 7) is 2.96. The highest BCUT2D eigenvalue weighted by Gasteiger charge is 2.21. The van der Waals surface area contributed by atoms with Crippen molar-refractivity contribution in [2.75, 3.05) is 6.61 Å². The first-order valence-electron chi connectivity index (χ1n) is 5.08. The van der Waals surface area contributed by atoms with E-state index in [-0.39, 0.29) is 6.10 Å². The second kappa shape index (κ2) is 3.48. The van der Waals surface area contributed by atoms with Gasteiger partial charge in [-0.2, -0.15) is 0 Å². The zero-order valence-electron chi connectivity index (χ0n) is 8.42. The molecule has 3 rings (SSSR count). The van der Waals surface area contributed by atoms with Gasteiger partial charge >= 0.3 is 0 Å². The fourth-order valence-corrected chi connectivity index (χ4v) is 3.67. The smallest absolute Gasteiger partial charge is 0.0892 e. The lowest BCUT2D eigenvalue weighted by Gasteiger charge is -2.19. The van der Waals surface area contributed by atoms with Crippen LogP contribution in [0.25, 0.3) is 10.1 Å². The van der Waals surface area contributed by atoms with Gasteiger partial charge in [-0.25, -0.2) is 0 Å². The van der Waals surface area contributed by atoms with E-state index < -0.39 is 0 Å². The van der Waals surface area contributed by atoms with E-state index in [4.69, 9.17) is 16.3 Å². The first-order chi connectivity index (χ1) is 7.25. The van der Waals surface area contributed by atoms with Crippen molar-refractivity contribution in [3.63, 3.8) is 0 Å². The standard InChI is InChI=1S/C12H11ClOS/c1-7-12-10(4-5-14-7)9-3-2-8(13)6-11(9)15-12/h2-3,6-7H,4-5H2,1H3. The first-order valence-corrected chi connectivity index (χ1v) is 6.27. The molecule has 2 heterocycles. The van der Waals surface area contributed by atoms with Crippen molar-refractivity contribution >= 4 is 33.0 Å². The van der Waals surface area contributed by atoms with Gasteiger partial charge in [0.15, 0.2) is 0 Å². The van der Waals surface area contributed by atoms with E-state index in [1.54, 1.807) is 0 Å². The predicted molar refractivity (Wildman–Crippen MR) is 64.9 cm³/mol. The summed E-state index contributed by atoms with van der Waals surface area (Å²) in [5.74, 6) is 0. The minimum absolute atomic E-state index is 0.241. The fraction of sp³-hybridized carbons (Fsp3) is 0.333. The highest BCUT2D eigenvalue weighted by atomic mass is 35.5. The molecule has 3 heteroatoms. The second-order valence-corrected chi connectivity index (χ2v) is 5.37. The summed E-state index contributed by atoms with van der Waals surface area (Å²) < 4.78 is 6.92. The van der Waals surface area contributed by atoms with Crippen LogP contribution in [0.1, 0.15) is 23.5 Å². The maximum absolute atomic E-state index is 5.99. The van der Waals surface area contributed by atoms with Crippen LogP contribution in [0, 0.1) is 0 Å². The van der Waals surface area contributed by atoms with Gasteiger partial charge in [-0.05, 0) is 36.4 Å². The molecule has 2 aromatic rings. The third-order valence-corrected chi connectivity index (χ3v) is 4.47. The number of halogens is 1. The van der Waals surface area contributed by atoms with E-state index >= 15 is 0 Å². The van der Waals surface area contributed by atoms with E-state index in [0.29, 0.717) is 0 Å². The molecule has 0 amide bonds. The molecule has 0 radical (unpaired) electrons. The Labute approximate surface area is 97.6 Å². The molecular weight excluding hydrogens is 228 g/mol. The molecule has 0 saturated heterocycles. The summed E-state index contributed by atoms with van der Waals surface area (Å²) in [4.78, 5) is 1.37. The van der Waals surface area contributed by atoms with Crippen molar-refractivity contribution < 1.29 is 4.74 Å². The predicted octanol–water partition coefficient (Wildman–Crippen LogP) is 4.19. The summed E-state index contributed by atoms with van der Waals surface area (Å²) >= 11 is 7.81. The zero-order valence-corrected chi connectivity index (χ0v) is 9.99. The highest BCUT2D eigenvalue weighted by Crippen LogP contribution is 2.40. The molecule has 78 valence electrons. The van der Waals surface area contributed by atoms with Crippen LogP contribution in [-0.2, 0) is 11.2 Å². The molecule has 1 aliphatic rings. The van der Waals surface area contributed by atoms with Gasteiger partial charge in [0, 0.05) is 14.6 Å². The zero-order chi connectivity index (χ0) is 10.4. The van der Waals surface area contributed by atoms with Crippen LogP contribution in [-0.4, -0.2) is 6.61 Å². The molecule has 0 N–H and O–H groups in total. The van der Waals surface area contributed by atoms with E-state index in [1.165, 1.54) is 20.5 Å². The molecule has 1 atom stereocenters. The van der Waals surface area contributed by atoms with E-state index in [2.05, 4.69) is 13.0 Å². The molecule has 1 unspecified atom stereocenters. The maximum atomic E-state index is 5.99. The van der Waals surface area contributed by atoms with Crippen LogP contribution in [0.4, 0.5) is 0 Å². The Balaban J connectivity index is 2.30. The average molecular weight is 239 g/mol. The normalized spacial score (nSPS) is 20.5. The number of fused-ring (bicyclic) bond motifs is 3. The number of thiophene rings is 1. The molecule has 15 heavy (non-hydrogen) atoms. The Morgan fingerprint density at radius 3 is 3.20 bits per heavy atom. The van der Waals surface area contributed by atoms with Gasteiger partial charge in [0.05, 0.1) is 12.7 Å². The van der Waals surface area contributed by atoms with Crippen molar-refractivity contribution in [2.24, 2.45) is 0 Å². The lowest BCUT2D eigenvalue weighted by Crippen LogP contribution is -2.11. The van der Waals surface area contributed by atoms with Gasteiger partial charge in [0.2, 0.25) is 0 Å². The Kier molecular flexibility index (Phi) is 2.23. The number of hydrogen-bond donors (Lipinski definition) is 0. The molecule has 1 aromatic heterocycles. The lowest BCUT2D eigenvalue weighted by atomic mass is 10.0. The van der Waals surface area contributed by atoms with Crippen LogP contribution in [0.2, 0.25) is 5.02 Å². The van der Waals surface area contributed by atoms with Crippen LogP contribution in [0.15, 0.2) is 18.2 Å². The van der Waals surface area contributed by atoms with Crippen LogP contribution in [0.5, 0.6) is 0 Å². The molecule has 1 nitrogen and oxygen atoms in total. The molecule has 0 spiro atoms. The summed E-state index contributed by atoms with van der Waals surface area (Å²) in [5, 5.41) is 2.17. The van der Waals surface area contributed by atoms with E-state index in [1.807, 2.05) is 23.5 Å². The molecule has 1 aromatic carbocycles. The molecule has 0 saturated carbocycles. The summed E-state index contributed by atoms with van der Waals surface area (Å²) in [7, 11) is 0. The molecule has 0 aliphatic carbocycles. The number of rotatable bonds is 0. The van der Waals surface area contributed by atoms with Gasteiger partial charge in [-0.3, -0.25) is 0 Å². The third-order valence-electron chi connectivity index (χ3n) is 2.88. The van der Waals surface area contributed by atoms with Gasteiger partial charge in [0.1, 0.15) is 0 Å². The Morgan fingerprint density at radius 2 is 2.33 bits per heavy atom. The summed E-state index contributed by atoms with van der Waals surface area (Å²) in [5.41, 5.74) is 1.46. The van der Waals surface area contributed by atoms with Crippen molar-refractivity contribution in [3.8, 4) is 0 Å². The van der Waals surface area contributed by atoms with Crippen LogP contribution >= 0.6 is 22.9 Å².